The Hall–Kier alpha value is -3.00. The molecule has 2 aromatic rings. The van der Waals surface area contributed by atoms with Gasteiger partial charge < -0.3 is 10.2 Å². The molecule has 0 aliphatic carbocycles. The maximum Gasteiger partial charge on any atom is 0.416 e. The van der Waals surface area contributed by atoms with Crippen molar-refractivity contribution in [1.29, 1.82) is 0 Å². The van der Waals surface area contributed by atoms with Gasteiger partial charge in [-0.1, -0.05) is 30.3 Å². The molecule has 0 bridgehead atoms. The van der Waals surface area contributed by atoms with Gasteiger partial charge in [0, 0.05) is 30.9 Å². The molecule has 0 spiro atoms. The number of benzene rings is 2. The second kappa shape index (κ2) is 8.79. The zero-order chi connectivity index (χ0) is 20.0. The summed E-state index contributed by atoms with van der Waals surface area (Å²) in [5.74, 6) is 0. The third-order valence-electron chi connectivity index (χ3n) is 4.22. The van der Waals surface area contributed by atoms with Crippen LogP contribution in [-0.4, -0.2) is 24.0 Å². The monoisotopic (exact) mass is 391 g/mol. The largest absolute Gasteiger partial charge is 0.416 e. The van der Waals surface area contributed by atoms with Crippen LogP contribution in [-0.2, 0) is 17.6 Å². The Morgan fingerprint density at radius 3 is 2.57 bits per heavy atom. The molecule has 0 saturated carbocycles. The summed E-state index contributed by atoms with van der Waals surface area (Å²) in [5.41, 5.74) is 3.99. The molecule has 0 radical (unpaired) electrons. The standard InChI is InChI=1S/C20H20F3N3O2/c21-20(22,23)16-6-4-5-15(13-16)14-28-25-18-9-11-26(12-10-18)19(27)24-17-7-2-1-3-8-17/h1-9,13,25H,10-12,14H2,(H,24,27). The first-order valence-corrected chi connectivity index (χ1v) is 8.76. The number of carbonyl (C=O) groups is 1. The van der Waals surface area contributed by atoms with E-state index in [0.717, 1.165) is 23.5 Å². The molecule has 2 N–H and O–H groups in total. The summed E-state index contributed by atoms with van der Waals surface area (Å²) in [5, 5.41) is 2.82. The SMILES string of the molecule is O=C(Nc1ccccc1)N1CC=C(NOCc2cccc(C(F)(F)F)c2)CC1. The number of nitrogens with one attached hydrogen (secondary N) is 2. The number of hydroxylamine groups is 1. The van der Waals surface area contributed by atoms with Crippen molar-refractivity contribution in [1.82, 2.24) is 10.4 Å². The van der Waals surface area contributed by atoms with Gasteiger partial charge in [0.2, 0.25) is 0 Å². The molecule has 0 atom stereocenters. The smallest absolute Gasteiger partial charge is 0.320 e. The van der Waals surface area contributed by atoms with E-state index in [2.05, 4.69) is 10.8 Å². The van der Waals surface area contributed by atoms with Gasteiger partial charge in [0.25, 0.3) is 0 Å². The van der Waals surface area contributed by atoms with Crippen LogP contribution in [0.5, 0.6) is 0 Å². The van der Waals surface area contributed by atoms with Gasteiger partial charge in [-0.2, -0.15) is 13.2 Å². The number of halogens is 3. The number of amides is 2. The Morgan fingerprint density at radius 1 is 1.11 bits per heavy atom. The zero-order valence-electron chi connectivity index (χ0n) is 15.0. The van der Waals surface area contributed by atoms with E-state index in [9.17, 15) is 18.0 Å². The lowest BCUT2D eigenvalue weighted by molar-refractivity contribution is -0.137. The maximum atomic E-state index is 12.7. The van der Waals surface area contributed by atoms with Crippen LogP contribution in [0.25, 0.3) is 0 Å². The van der Waals surface area contributed by atoms with E-state index >= 15 is 0 Å². The number of anilines is 1. The summed E-state index contributed by atoms with van der Waals surface area (Å²) in [4.78, 5) is 19.2. The molecular formula is C20H20F3N3O2. The molecule has 0 saturated heterocycles. The molecule has 3 rings (SSSR count). The van der Waals surface area contributed by atoms with Crippen LogP contribution >= 0.6 is 0 Å². The number of hydrogen-bond donors (Lipinski definition) is 2. The normalized spacial score (nSPS) is 14.4. The quantitative estimate of drug-likeness (QED) is 0.736. The van der Waals surface area contributed by atoms with Gasteiger partial charge in [0.1, 0.15) is 0 Å². The summed E-state index contributed by atoms with van der Waals surface area (Å²) < 4.78 is 38.2. The fourth-order valence-electron chi connectivity index (χ4n) is 2.72. The van der Waals surface area contributed by atoms with Crippen LogP contribution < -0.4 is 10.8 Å². The summed E-state index contributed by atoms with van der Waals surface area (Å²) in [6.45, 7) is 0.914. The Labute approximate surface area is 160 Å². The zero-order valence-corrected chi connectivity index (χ0v) is 15.0. The van der Waals surface area contributed by atoms with Crippen molar-refractivity contribution in [3.8, 4) is 0 Å². The van der Waals surface area contributed by atoms with E-state index in [1.54, 1.807) is 11.0 Å². The molecule has 28 heavy (non-hydrogen) atoms. The topological polar surface area (TPSA) is 53.6 Å². The van der Waals surface area contributed by atoms with E-state index in [-0.39, 0.29) is 12.6 Å². The Morgan fingerprint density at radius 2 is 1.89 bits per heavy atom. The van der Waals surface area contributed by atoms with Crippen molar-refractivity contribution in [2.75, 3.05) is 18.4 Å². The third kappa shape index (κ3) is 5.50. The molecule has 0 unspecified atom stereocenters. The number of rotatable bonds is 5. The van der Waals surface area contributed by atoms with Gasteiger partial charge in [-0.3, -0.25) is 10.3 Å². The van der Waals surface area contributed by atoms with Crippen molar-refractivity contribution in [2.24, 2.45) is 0 Å². The lowest BCUT2D eigenvalue weighted by atomic mass is 10.1. The van der Waals surface area contributed by atoms with Gasteiger partial charge in [-0.15, -0.1) is 0 Å². The molecule has 1 heterocycles. The van der Waals surface area contributed by atoms with Crippen LogP contribution in [0.4, 0.5) is 23.7 Å². The number of alkyl halides is 3. The number of hydrogen-bond acceptors (Lipinski definition) is 3. The van der Waals surface area contributed by atoms with Gasteiger partial charge in [-0.25, -0.2) is 4.79 Å². The Bertz CT molecular complexity index is 838. The van der Waals surface area contributed by atoms with Gasteiger partial charge >= 0.3 is 12.2 Å². The van der Waals surface area contributed by atoms with Crippen LogP contribution in [0.1, 0.15) is 17.5 Å². The van der Waals surface area contributed by atoms with Crippen molar-refractivity contribution in [3.63, 3.8) is 0 Å². The molecule has 1 aliphatic heterocycles. The van der Waals surface area contributed by atoms with E-state index in [1.165, 1.54) is 6.07 Å². The first-order valence-electron chi connectivity index (χ1n) is 8.76. The average molecular weight is 391 g/mol. The molecule has 8 heteroatoms. The summed E-state index contributed by atoms with van der Waals surface area (Å²) in [6, 6.07) is 14.0. The molecule has 2 amide bonds. The average Bonchev–Trinajstić information content (AvgIpc) is 2.69. The maximum absolute atomic E-state index is 12.7. The predicted octanol–water partition coefficient (Wildman–Crippen LogP) is 4.55. The minimum atomic E-state index is -4.38. The van der Waals surface area contributed by atoms with Crippen LogP contribution in [0, 0.1) is 0 Å². The second-order valence-corrected chi connectivity index (χ2v) is 6.31. The van der Waals surface area contributed by atoms with E-state index in [1.807, 2.05) is 36.4 Å². The predicted molar refractivity (Wildman–Crippen MR) is 99.1 cm³/mol. The first kappa shape index (κ1) is 19.8. The second-order valence-electron chi connectivity index (χ2n) is 6.31. The number of carbonyl (C=O) groups excluding carboxylic acids is 1. The van der Waals surface area contributed by atoms with E-state index in [0.29, 0.717) is 25.1 Å². The van der Waals surface area contributed by atoms with Crippen LogP contribution in [0.15, 0.2) is 66.4 Å². The fraction of sp³-hybridized carbons (Fsp3) is 0.250. The highest BCUT2D eigenvalue weighted by Gasteiger charge is 2.30. The third-order valence-corrected chi connectivity index (χ3v) is 4.22. The van der Waals surface area contributed by atoms with E-state index in [4.69, 9.17) is 4.84 Å². The highest BCUT2D eigenvalue weighted by Crippen LogP contribution is 2.29. The van der Waals surface area contributed by atoms with E-state index < -0.39 is 11.7 Å². The minimum absolute atomic E-state index is 0.000528. The molecule has 148 valence electrons. The number of para-hydroxylation sites is 1. The molecule has 2 aromatic carbocycles. The number of nitrogens with zero attached hydrogens (tertiary/aromatic N) is 1. The fourth-order valence-corrected chi connectivity index (χ4v) is 2.72. The van der Waals surface area contributed by atoms with Crippen molar-refractivity contribution in [2.45, 2.75) is 19.2 Å². The van der Waals surface area contributed by atoms with Gasteiger partial charge in [0.15, 0.2) is 0 Å². The van der Waals surface area contributed by atoms with Gasteiger partial charge in [-0.05, 0) is 35.9 Å². The van der Waals surface area contributed by atoms with Crippen molar-refractivity contribution >= 4 is 11.7 Å². The molecule has 1 aliphatic rings. The highest BCUT2D eigenvalue weighted by atomic mass is 19.4. The van der Waals surface area contributed by atoms with Crippen molar-refractivity contribution in [3.05, 3.63) is 77.5 Å². The molecule has 0 fully saturated rings. The molecule has 5 nitrogen and oxygen atoms in total. The molecule has 0 aromatic heterocycles. The number of urea groups is 1. The minimum Gasteiger partial charge on any atom is -0.320 e. The lowest BCUT2D eigenvalue weighted by Gasteiger charge is -2.27. The highest BCUT2D eigenvalue weighted by molar-refractivity contribution is 5.89. The van der Waals surface area contributed by atoms with Crippen LogP contribution in [0.3, 0.4) is 0 Å². The molecular weight excluding hydrogens is 371 g/mol. The lowest BCUT2D eigenvalue weighted by Crippen LogP contribution is -2.39. The van der Waals surface area contributed by atoms with Crippen LogP contribution in [0.2, 0.25) is 0 Å². The summed E-state index contributed by atoms with van der Waals surface area (Å²) in [7, 11) is 0. The summed E-state index contributed by atoms with van der Waals surface area (Å²) >= 11 is 0. The Balaban J connectivity index is 1.45. The first-order chi connectivity index (χ1) is 13.4. The van der Waals surface area contributed by atoms with Crippen molar-refractivity contribution < 1.29 is 22.8 Å². The summed E-state index contributed by atoms with van der Waals surface area (Å²) in [6.07, 6.45) is -2.00. The van der Waals surface area contributed by atoms with Gasteiger partial charge in [0.05, 0.1) is 12.2 Å². The Kier molecular flexibility index (Phi) is 6.20.